The molecule has 1 heterocycles. The van der Waals surface area contributed by atoms with Gasteiger partial charge in [0, 0.05) is 6.42 Å². The molecule has 2 rings (SSSR count). The number of aldehydes is 1. The van der Waals surface area contributed by atoms with Crippen molar-refractivity contribution in [2.45, 2.75) is 26.2 Å². The lowest BCUT2D eigenvalue weighted by molar-refractivity contribution is 0.112. The van der Waals surface area contributed by atoms with Gasteiger partial charge in [-0.3, -0.25) is 4.79 Å². The molecule has 2 nitrogen and oxygen atoms in total. The van der Waals surface area contributed by atoms with Crippen LogP contribution in [0.1, 0.15) is 34.7 Å². The predicted octanol–water partition coefficient (Wildman–Crippen LogP) is 2.35. The quantitative estimate of drug-likeness (QED) is 0.642. The van der Waals surface area contributed by atoms with Gasteiger partial charge < -0.3 is 4.42 Å². The molecular weight excluding hydrogens is 152 g/mol. The van der Waals surface area contributed by atoms with Gasteiger partial charge in [-0.05, 0) is 31.7 Å². The molecule has 0 aliphatic heterocycles. The summed E-state index contributed by atoms with van der Waals surface area (Å²) in [5.74, 6) is 2.54. The second-order valence-electron chi connectivity index (χ2n) is 3.49. The van der Waals surface area contributed by atoms with Crippen LogP contribution in [0, 0.1) is 12.8 Å². The number of carbonyl (C=O) groups is 1. The number of furan rings is 1. The normalized spacial score (nSPS) is 16.4. The Morgan fingerprint density at radius 2 is 2.42 bits per heavy atom. The number of rotatable bonds is 3. The van der Waals surface area contributed by atoms with Gasteiger partial charge in [0.05, 0.1) is 5.56 Å². The van der Waals surface area contributed by atoms with Gasteiger partial charge in [0.25, 0.3) is 0 Å². The van der Waals surface area contributed by atoms with E-state index in [0.29, 0.717) is 5.56 Å². The standard InChI is InChI=1S/C10H12O2/c1-7-9(6-11)5-10(12-7)4-8-2-3-8/h5-6,8H,2-4H2,1H3. The third-order valence-corrected chi connectivity index (χ3v) is 2.32. The maximum absolute atomic E-state index is 10.5. The summed E-state index contributed by atoms with van der Waals surface area (Å²) in [7, 11) is 0. The molecule has 0 radical (unpaired) electrons. The minimum Gasteiger partial charge on any atom is -0.466 e. The van der Waals surface area contributed by atoms with E-state index in [-0.39, 0.29) is 0 Å². The van der Waals surface area contributed by atoms with Crippen LogP contribution in [0.3, 0.4) is 0 Å². The molecule has 1 saturated carbocycles. The first-order chi connectivity index (χ1) is 5.79. The summed E-state index contributed by atoms with van der Waals surface area (Å²) in [6, 6.07) is 1.86. The second kappa shape index (κ2) is 2.77. The Morgan fingerprint density at radius 3 is 2.92 bits per heavy atom. The first kappa shape index (κ1) is 7.59. The van der Waals surface area contributed by atoms with Crippen molar-refractivity contribution in [3.8, 4) is 0 Å². The maximum Gasteiger partial charge on any atom is 0.153 e. The SMILES string of the molecule is Cc1oc(CC2CC2)cc1C=O. The van der Waals surface area contributed by atoms with E-state index in [4.69, 9.17) is 4.42 Å². The molecule has 12 heavy (non-hydrogen) atoms. The Balaban J connectivity index is 2.15. The van der Waals surface area contributed by atoms with Crippen LogP contribution in [0.25, 0.3) is 0 Å². The molecule has 1 aliphatic carbocycles. The van der Waals surface area contributed by atoms with Crippen LogP contribution in [-0.4, -0.2) is 6.29 Å². The van der Waals surface area contributed by atoms with Gasteiger partial charge in [-0.1, -0.05) is 0 Å². The largest absolute Gasteiger partial charge is 0.466 e. The van der Waals surface area contributed by atoms with Gasteiger partial charge in [-0.15, -0.1) is 0 Å². The zero-order valence-corrected chi connectivity index (χ0v) is 7.17. The van der Waals surface area contributed by atoms with Crippen molar-refractivity contribution in [2.75, 3.05) is 0 Å². The fourth-order valence-electron chi connectivity index (χ4n) is 1.38. The van der Waals surface area contributed by atoms with E-state index in [1.165, 1.54) is 12.8 Å². The van der Waals surface area contributed by atoms with E-state index in [1.54, 1.807) is 0 Å². The highest BCUT2D eigenvalue weighted by molar-refractivity contribution is 5.76. The molecule has 2 heteroatoms. The first-order valence-electron chi connectivity index (χ1n) is 4.34. The van der Waals surface area contributed by atoms with Crippen molar-refractivity contribution >= 4 is 6.29 Å². The molecule has 64 valence electrons. The van der Waals surface area contributed by atoms with E-state index in [1.807, 2.05) is 13.0 Å². The summed E-state index contributed by atoms with van der Waals surface area (Å²) in [5, 5.41) is 0. The Labute approximate surface area is 71.6 Å². The zero-order valence-electron chi connectivity index (χ0n) is 7.17. The summed E-state index contributed by atoms with van der Waals surface area (Å²) < 4.78 is 5.43. The highest BCUT2D eigenvalue weighted by Gasteiger charge is 2.23. The average molecular weight is 164 g/mol. The molecule has 0 saturated heterocycles. The van der Waals surface area contributed by atoms with Crippen LogP contribution < -0.4 is 0 Å². The van der Waals surface area contributed by atoms with Crippen LogP contribution in [0.4, 0.5) is 0 Å². The van der Waals surface area contributed by atoms with Gasteiger partial charge in [0.1, 0.15) is 11.5 Å². The molecular formula is C10H12O2. The van der Waals surface area contributed by atoms with Crippen LogP contribution >= 0.6 is 0 Å². The molecule has 0 bridgehead atoms. The van der Waals surface area contributed by atoms with E-state index in [9.17, 15) is 4.79 Å². The van der Waals surface area contributed by atoms with Crippen LogP contribution in [-0.2, 0) is 6.42 Å². The van der Waals surface area contributed by atoms with Crippen molar-refractivity contribution in [2.24, 2.45) is 5.92 Å². The van der Waals surface area contributed by atoms with Gasteiger partial charge >= 0.3 is 0 Å². The van der Waals surface area contributed by atoms with Gasteiger partial charge in [-0.2, -0.15) is 0 Å². The summed E-state index contributed by atoms with van der Waals surface area (Å²) >= 11 is 0. The number of hydrogen-bond donors (Lipinski definition) is 0. The molecule has 0 spiro atoms. The minimum atomic E-state index is 0.700. The van der Waals surface area contributed by atoms with Crippen LogP contribution in [0.5, 0.6) is 0 Å². The van der Waals surface area contributed by atoms with E-state index >= 15 is 0 Å². The Hall–Kier alpha value is -1.05. The molecule has 0 amide bonds. The molecule has 0 N–H and O–H groups in total. The van der Waals surface area contributed by atoms with Crippen molar-refractivity contribution in [1.29, 1.82) is 0 Å². The van der Waals surface area contributed by atoms with E-state index < -0.39 is 0 Å². The number of carbonyl (C=O) groups excluding carboxylic acids is 1. The second-order valence-corrected chi connectivity index (χ2v) is 3.49. The maximum atomic E-state index is 10.5. The highest BCUT2D eigenvalue weighted by atomic mass is 16.3. The van der Waals surface area contributed by atoms with Crippen molar-refractivity contribution in [3.05, 3.63) is 23.2 Å². The molecule has 1 fully saturated rings. The highest BCUT2D eigenvalue weighted by Crippen LogP contribution is 2.33. The van der Waals surface area contributed by atoms with Crippen molar-refractivity contribution in [3.63, 3.8) is 0 Å². The van der Waals surface area contributed by atoms with Crippen LogP contribution in [0.2, 0.25) is 0 Å². The third kappa shape index (κ3) is 1.42. The molecule has 0 aromatic carbocycles. The summed E-state index contributed by atoms with van der Waals surface area (Å²) in [5.41, 5.74) is 0.700. The average Bonchev–Trinajstić information content (AvgIpc) is 2.76. The topological polar surface area (TPSA) is 30.2 Å². The summed E-state index contributed by atoms with van der Waals surface area (Å²) in [6.45, 7) is 1.83. The lowest BCUT2D eigenvalue weighted by atomic mass is 10.2. The van der Waals surface area contributed by atoms with Crippen molar-refractivity contribution < 1.29 is 9.21 Å². The Bertz CT molecular complexity index is 295. The van der Waals surface area contributed by atoms with Crippen LogP contribution in [0.15, 0.2) is 10.5 Å². The molecule has 1 aliphatic rings. The number of hydrogen-bond acceptors (Lipinski definition) is 2. The fraction of sp³-hybridized carbons (Fsp3) is 0.500. The van der Waals surface area contributed by atoms with E-state index in [0.717, 1.165) is 30.1 Å². The van der Waals surface area contributed by atoms with Crippen molar-refractivity contribution in [1.82, 2.24) is 0 Å². The number of aryl methyl sites for hydroxylation is 1. The predicted molar refractivity (Wildman–Crippen MR) is 45.3 cm³/mol. The lowest BCUT2D eigenvalue weighted by Crippen LogP contribution is -1.81. The Kier molecular flexibility index (Phi) is 1.75. The van der Waals surface area contributed by atoms with E-state index in [2.05, 4.69) is 0 Å². The summed E-state index contributed by atoms with van der Waals surface area (Å²) in [6.07, 6.45) is 4.50. The first-order valence-corrected chi connectivity index (χ1v) is 4.34. The van der Waals surface area contributed by atoms with Gasteiger partial charge in [0.2, 0.25) is 0 Å². The van der Waals surface area contributed by atoms with Gasteiger partial charge in [0.15, 0.2) is 6.29 Å². The third-order valence-electron chi connectivity index (χ3n) is 2.32. The summed E-state index contributed by atoms with van der Waals surface area (Å²) in [4.78, 5) is 10.5. The Morgan fingerprint density at radius 1 is 1.67 bits per heavy atom. The molecule has 0 unspecified atom stereocenters. The minimum absolute atomic E-state index is 0.700. The molecule has 1 aromatic heterocycles. The molecule has 0 atom stereocenters. The monoisotopic (exact) mass is 164 g/mol. The lowest BCUT2D eigenvalue weighted by Gasteiger charge is -1.89. The van der Waals surface area contributed by atoms with Gasteiger partial charge in [-0.25, -0.2) is 0 Å². The smallest absolute Gasteiger partial charge is 0.153 e. The fourth-order valence-corrected chi connectivity index (χ4v) is 1.38. The zero-order chi connectivity index (χ0) is 8.55. The molecule has 1 aromatic rings.